The fraction of sp³-hybridized carbons (Fsp3) is 0.333. The number of rotatable bonds is 6. The molecule has 0 fully saturated rings. The lowest BCUT2D eigenvalue weighted by Gasteiger charge is -2.26. The summed E-state index contributed by atoms with van der Waals surface area (Å²) < 4.78 is 0.748. The van der Waals surface area contributed by atoms with Gasteiger partial charge >= 0.3 is 0 Å². The molecule has 2 aromatic carbocycles. The molecule has 4 nitrogen and oxygen atoms in total. The molecule has 0 heterocycles. The number of benzene rings is 2. The number of aryl methyl sites for hydroxylation is 2. The van der Waals surface area contributed by atoms with Crippen LogP contribution in [0.3, 0.4) is 0 Å². The second kappa shape index (κ2) is 9.10. The Morgan fingerprint density at radius 1 is 1.11 bits per heavy atom. The Bertz CT molecular complexity index is 865. The van der Waals surface area contributed by atoms with Crippen LogP contribution in [0.4, 0.5) is 5.69 Å². The molecule has 0 saturated heterocycles. The van der Waals surface area contributed by atoms with Crippen LogP contribution < -0.4 is 10.6 Å². The maximum Gasteiger partial charge on any atom is 0.256 e. The molecule has 0 aliphatic carbocycles. The minimum atomic E-state index is -0.364. The fourth-order valence-corrected chi connectivity index (χ4v) is 4.39. The van der Waals surface area contributed by atoms with Crippen molar-refractivity contribution in [3.63, 3.8) is 0 Å². The Morgan fingerprint density at radius 2 is 1.81 bits per heavy atom. The van der Waals surface area contributed by atoms with Crippen molar-refractivity contribution in [2.45, 2.75) is 33.2 Å². The van der Waals surface area contributed by atoms with Crippen molar-refractivity contribution in [1.29, 1.82) is 0 Å². The van der Waals surface area contributed by atoms with Crippen LogP contribution in [0.1, 0.15) is 45.7 Å². The van der Waals surface area contributed by atoms with Gasteiger partial charge in [-0.2, -0.15) is 11.8 Å². The van der Waals surface area contributed by atoms with Crippen LogP contribution in [-0.2, 0) is 0 Å². The largest absolute Gasteiger partial charge is 0.346 e. The summed E-state index contributed by atoms with van der Waals surface area (Å²) in [6.45, 7) is 7.92. The van der Waals surface area contributed by atoms with Crippen LogP contribution in [0.25, 0.3) is 0 Å². The summed E-state index contributed by atoms with van der Waals surface area (Å²) in [4.78, 5) is 25.9. The molecule has 0 aliphatic heterocycles. The Kier molecular flexibility index (Phi) is 7.33. The van der Waals surface area contributed by atoms with Gasteiger partial charge < -0.3 is 10.6 Å². The molecule has 0 bridgehead atoms. The second-order valence-electron chi connectivity index (χ2n) is 7.21. The zero-order valence-corrected chi connectivity index (χ0v) is 19.2. The number of hydrogen-bond donors (Lipinski definition) is 2. The Hall–Kier alpha value is -1.54. The predicted octanol–water partition coefficient (Wildman–Crippen LogP) is 5.03. The summed E-state index contributed by atoms with van der Waals surface area (Å²) in [5.74, 6) is 0.268. The molecule has 0 saturated carbocycles. The summed E-state index contributed by atoms with van der Waals surface area (Å²) in [6, 6.07) is 11.2. The van der Waals surface area contributed by atoms with E-state index in [4.69, 9.17) is 0 Å². The van der Waals surface area contributed by atoms with Gasteiger partial charge in [-0.1, -0.05) is 23.8 Å². The average Bonchev–Trinajstić information content (AvgIpc) is 2.56. The highest BCUT2D eigenvalue weighted by molar-refractivity contribution is 14.1. The lowest BCUT2D eigenvalue weighted by atomic mass is 10.0. The van der Waals surface area contributed by atoms with Crippen molar-refractivity contribution >= 4 is 51.9 Å². The normalized spacial score (nSPS) is 11.2. The minimum Gasteiger partial charge on any atom is -0.346 e. The molecular formula is C21H25IN2O2S. The average molecular weight is 496 g/mol. The van der Waals surface area contributed by atoms with Crippen LogP contribution in [0.5, 0.6) is 0 Å². The van der Waals surface area contributed by atoms with Gasteiger partial charge in [-0.15, -0.1) is 0 Å². The first-order valence-corrected chi connectivity index (χ1v) is 11.1. The molecule has 2 amide bonds. The number of halogens is 1. The third-order valence-electron chi connectivity index (χ3n) is 4.07. The van der Waals surface area contributed by atoms with E-state index in [1.165, 1.54) is 0 Å². The maximum absolute atomic E-state index is 12.9. The van der Waals surface area contributed by atoms with Crippen molar-refractivity contribution in [2.24, 2.45) is 0 Å². The van der Waals surface area contributed by atoms with Gasteiger partial charge in [-0.25, -0.2) is 0 Å². The van der Waals surface area contributed by atoms with Gasteiger partial charge in [0.2, 0.25) is 0 Å². The second-order valence-corrected chi connectivity index (χ2v) is 9.23. The van der Waals surface area contributed by atoms with E-state index in [1.54, 1.807) is 23.9 Å². The number of thioether (sulfide) groups is 1. The highest BCUT2D eigenvalue weighted by Crippen LogP contribution is 2.22. The number of nitrogens with one attached hydrogen (secondary N) is 2. The molecule has 0 atom stereocenters. The third kappa shape index (κ3) is 5.72. The zero-order chi connectivity index (χ0) is 20.2. The van der Waals surface area contributed by atoms with E-state index in [1.807, 2.05) is 58.2 Å². The molecule has 2 rings (SSSR count). The molecule has 27 heavy (non-hydrogen) atoms. The van der Waals surface area contributed by atoms with Crippen LogP contribution >= 0.6 is 34.4 Å². The molecule has 2 N–H and O–H groups in total. The maximum atomic E-state index is 12.9. The van der Waals surface area contributed by atoms with Crippen molar-refractivity contribution < 1.29 is 9.59 Å². The Labute approximate surface area is 179 Å². The fourth-order valence-electron chi connectivity index (χ4n) is 2.85. The van der Waals surface area contributed by atoms with Crippen molar-refractivity contribution in [2.75, 3.05) is 17.3 Å². The quantitative estimate of drug-likeness (QED) is 0.552. The zero-order valence-electron chi connectivity index (χ0n) is 16.3. The number of carbonyl (C=O) groups excluding carboxylic acids is 2. The molecule has 144 valence electrons. The first-order valence-electron chi connectivity index (χ1n) is 8.63. The monoisotopic (exact) mass is 496 g/mol. The molecule has 0 aliphatic rings. The van der Waals surface area contributed by atoms with Gasteiger partial charge in [0.15, 0.2) is 0 Å². The topological polar surface area (TPSA) is 58.2 Å². The van der Waals surface area contributed by atoms with Gasteiger partial charge in [-0.3, -0.25) is 9.59 Å². The van der Waals surface area contributed by atoms with Gasteiger partial charge in [0, 0.05) is 20.5 Å². The van der Waals surface area contributed by atoms with E-state index < -0.39 is 0 Å². The molecule has 0 spiro atoms. The van der Waals surface area contributed by atoms with Gasteiger partial charge in [0.05, 0.1) is 11.1 Å². The summed E-state index contributed by atoms with van der Waals surface area (Å²) in [6.07, 6.45) is 2.00. The van der Waals surface area contributed by atoms with Gasteiger partial charge in [0.1, 0.15) is 0 Å². The van der Waals surface area contributed by atoms with Gasteiger partial charge in [-0.05, 0) is 80.3 Å². The highest BCUT2D eigenvalue weighted by Gasteiger charge is 2.25. The van der Waals surface area contributed by atoms with Crippen molar-refractivity contribution in [3.8, 4) is 0 Å². The van der Waals surface area contributed by atoms with Crippen LogP contribution in [-0.4, -0.2) is 29.4 Å². The predicted molar refractivity (Wildman–Crippen MR) is 123 cm³/mol. The number of carbonyl (C=O) groups is 2. The van der Waals surface area contributed by atoms with Crippen molar-refractivity contribution in [3.05, 3.63) is 62.2 Å². The molecule has 2 aromatic rings. The summed E-state index contributed by atoms with van der Waals surface area (Å²) in [5, 5.41) is 5.99. The summed E-state index contributed by atoms with van der Waals surface area (Å²) >= 11 is 3.77. The number of anilines is 1. The standard InChI is InChI=1S/C21H25IN2O2S/c1-13-9-10-17(14(2)11-13)23-19(25)15-7-6-8-16(22)18(15)20(26)24-21(3,4)12-27-5/h6-11H,12H2,1-5H3,(H,23,25)(H,24,26). The molecular weight excluding hydrogens is 471 g/mol. The van der Waals surface area contributed by atoms with E-state index in [2.05, 4.69) is 33.2 Å². The molecule has 6 heteroatoms. The summed E-state index contributed by atoms with van der Waals surface area (Å²) in [7, 11) is 0. The smallest absolute Gasteiger partial charge is 0.256 e. The first-order chi connectivity index (χ1) is 12.6. The SMILES string of the molecule is CSCC(C)(C)NC(=O)c1c(I)cccc1C(=O)Nc1ccc(C)cc1C. The van der Waals surface area contributed by atoms with Crippen molar-refractivity contribution in [1.82, 2.24) is 5.32 Å². The molecule has 0 aromatic heterocycles. The lowest BCUT2D eigenvalue weighted by Crippen LogP contribution is -2.46. The lowest BCUT2D eigenvalue weighted by molar-refractivity contribution is 0.0909. The molecule has 0 unspecified atom stereocenters. The van der Waals surface area contributed by atoms with Crippen LogP contribution in [0.2, 0.25) is 0 Å². The van der Waals surface area contributed by atoms with Gasteiger partial charge in [0.25, 0.3) is 11.8 Å². The number of amides is 2. The van der Waals surface area contributed by atoms with E-state index in [0.717, 1.165) is 26.1 Å². The van der Waals surface area contributed by atoms with E-state index in [9.17, 15) is 9.59 Å². The van der Waals surface area contributed by atoms with Crippen LogP contribution in [0.15, 0.2) is 36.4 Å². The van der Waals surface area contributed by atoms with Crippen LogP contribution in [0, 0.1) is 17.4 Å². The number of hydrogen-bond acceptors (Lipinski definition) is 3. The van der Waals surface area contributed by atoms with E-state index >= 15 is 0 Å². The molecule has 0 radical (unpaired) electrons. The third-order valence-corrected chi connectivity index (χ3v) is 5.98. The Balaban J connectivity index is 2.33. The minimum absolute atomic E-state index is 0.232. The van der Waals surface area contributed by atoms with E-state index in [-0.39, 0.29) is 17.4 Å². The highest BCUT2D eigenvalue weighted by atomic mass is 127. The first kappa shape index (κ1) is 21.8. The Morgan fingerprint density at radius 3 is 2.44 bits per heavy atom. The summed E-state index contributed by atoms with van der Waals surface area (Å²) in [5.41, 5.74) is 3.29. The van der Waals surface area contributed by atoms with E-state index in [0.29, 0.717) is 11.1 Å².